The van der Waals surface area contributed by atoms with Gasteiger partial charge in [0.2, 0.25) is 0 Å². The molecule has 0 amide bonds. The molecule has 0 N–H and O–H groups in total. The third kappa shape index (κ3) is 2.92. The minimum absolute atomic E-state index is 0.177. The summed E-state index contributed by atoms with van der Waals surface area (Å²) >= 11 is 0. The van der Waals surface area contributed by atoms with Crippen LogP contribution in [0.25, 0.3) is 0 Å². The van der Waals surface area contributed by atoms with Crippen LogP contribution in [0, 0.1) is 0 Å². The van der Waals surface area contributed by atoms with E-state index in [0.717, 1.165) is 13.2 Å². The second-order valence-corrected chi connectivity index (χ2v) is 15.0. The molecule has 0 heterocycles. The summed E-state index contributed by atoms with van der Waals surface area (Å²) < 4.78 is 12.1. The van der Waals surface area contributed by atoms with Gasteiger partial charge in [-0.3, -0.25) is 0 Å². The molecule has 0 spiro atoms. The molecule has 0 aromatic rings. The molecule has 0 aliphatic heterocycles. The van der Waals surface area contributed by atoms with Gasteiger partial charge in [0.05, 0.1) is 0 Å². The Morgan fingerprint density at radius 1 is 1.00 bits per heavy atom. The first-order valence-electron chi connectivity index (χ1n) is 5.40. The molecule has 0 aliphatic rings. The Kier molecular flexibility index (Phi) is 5.58. The van der Waals surface area contributed by atoms with E-state index in [2.05, 4.69) is 47.7 Å². The fourth-order valence-electron chi connectivity index (χ4n) is 1.92. The monoisotopic (exact) mass is 233 g/mol. The van der Waals surface area contributed by atoms with Crippen molar-refractivity contribution in [1.29, 1.82) is 0 Å². The molecule has 0 saturated heterocycles. The van der Waals surface area contributed by atoms with Crippen LogP contribution < -0.4 is 0 Å². The van der Waals surface area contributed by atoms with E-state index in [1.54, 1.807) is 0 Å². The second kappa shape index (κ2) is 5.44. The van der Waals surface area contributed by atoms with Crippen LogP contribution in [-0.4, -0.2) is 29.6 Å². The standard InChI is InChI=1S/C10H25O2Si2/c1-8-11-14(12-9-2,13(6)7)10(3,4)5/h8-9H2,1-7H3. The molecule has 0 bridgehead atoms. The van der Waals surface area contributed by atoms with E-state index in [1.807, 2.05) is 0 Å². The van der Waals surface area contributed by atoms with Gasteiger partial charge in [0.15, 0.2) is 0 Å². The molecule has 14 heavy (non-hydrogen) atoms. The molecule has 4 heteroatoms. The fourth-order valence-corrected chi connectivity index (χ4v) is 12.9. The van der Waals surface area contributed by atoms with Crippen molar-refractivity contribution in [1.82, 2.24) is 0 Å². The number of hydrogen-bond donors (Lipinski definition) is 0. The Labute approximate surface area is 91.6 Å². The average molecular weight is 233 g/mol. The normalized spacial score (nSPS) is 13.7. The highest BCUT2D eigenvalue weighted by Gasteiger charge is 2.51. The summed E-state index contributed by atoms with van der Waals surface area (Å²) in [5, 5.41) is 0.177. The minimum atomic E-state index is -1.97. The lowest BCUT2D eigenvalue weighted by atomic mass is 10.3. The van der Waals surface area contributed by atoms with Gasteiger partial charge in [-0.05, 0) is 13.8 Å². The number of hydrogen-bond acceptors (Lipinski definition) is 2. The van der Waals surface area contributed by atoms with E-state index in [4.69, 9.17) is 8.85 Å². The molecule has 0 unspecified atom stereocenters. The van der Waals surface area contributed by atoms with E-state index in [9.17, 15) is 0 Å². The fraction of sp³-hybridized carbons (Fsp3) is 1.00. The third-order valence-electron chi connectivity index (χ3n) is 2.34. The van der Waals surface area contributed by atoms with Gasteiger partial charge in [-0.1, -0.05) is 33.9 Å². The maximum Gasteiger partial charge on any atom is 0.318 e. The van der Waals surface area contributed by atoms with Crippen LogP contribution in [-0.2, 0) is 8.85 Å². The van der Waals surface area contributed by atoms with Crippen LogP contribution in [0.1, 0.15) is 34.6 Å². The second-order valence-electron chi connectivity index (χ2n) is 4.73. The van der Waals surface area contributed by atoms with E-state index in [1.165, 1.54) is 0 Å². The largest absolute Gasteiger partial charge is 0.397 e. The van der Waals surface area contributed by atoms with Gasteiger partial charge in [0.25, 0.3) is 0 Å². The third-order valence-corrected chi connectivity index (χ3v) is 14.1. The van der Waals surface area contributed by atoms with Crippen LogP contribution in [0.2, 0.25) is 18.1 Å². The molecule has 0 aromatic carbocycles. The van der Waals surface area contributed by atoms with Crippen LogP contribution >= 0.6 is 0 Å². The Hall–Kier alpha value is 0.354. The molecule has 0 fully saturated rings. The van der Waals surface area contributed by atoms with Gasteiger partial charge < -0.3 is 8.85 Å². The molecular formula is C10H25O2Si2. The molecule has 0 rings (SSSR count). The molecule has 0 aliphatic carbocycles. The summed E-state index contributed by atoms with van der Waals surface area (Å²) in [5.74, 6) is 0. The first-order chi connectivity index (χ1) is 6.31. The first-order valence-corrected chi connectivity index (χ1v) is 10.7. The van der Waals surface area contributed by atoms with Gasteiger partial charge in [0, 0.05) is 18.3 Å². The van der Waals surface area contributed by atoms with Crippen molar-refractivity contribution < 1.29 is 8.85 Å². The van der Waals surface area contributed by atoms with E-state index in [0.29, 0.717) is 0 Å². The predicted molar refractivity (Wildman–Crippen MR) is 66.2 cm³/mol. The molecule has 85 valence electrons. The Balaban J connectivity index is 4.94. The molecule has 2 nitrogen and oxygen atoms in total. The van der Waals surface area contributed by atoms with E-state index >= 15 is 0 Å². The van der Waals surface area contributed by atoms with Gasteiger partial charge in [-0.2, -0.15) is 0 Å². The lowest BCUT2D eigenvalue weighted by Gasteiger charge is -2.43. The molecular weight excluding hydrogens is 208 g/mol. The van der Waals surface area contributed by atoms with Gasteiger partial charge in [-0.15, -0.1) is 0 Å². The van der Waals surface area contributed by atoms with Gasteiger partial charge in [0.1, 0.15) is 8.31 Å². The smallest absolute Gasteiger partial charge is 0.318 e. The molecule has 1 radical (unpaired) electrons. The first kappa shape index (κ1) is 14.4. The van der Waals surface area contributed by atoms with Crippen LogP contribution in [0.4, 0.5) is 0 Å². The Morgan fingerprint density at radius 2 is 1.36 bits per heavy atom. The maximum atomic E-state index is 6.06. The van der Waals surface area contributed by atoms with Crippen molar-refractivity contribution in [3.63, 3.8) is 0 Å². The summed E-state index contributed by atoms with van der Waals surface area (Å²) in [5.41, 5.74) is 0. The predicted octanol–water partition coefficient (Wildman–Crippen LogP) is 3.13. The van der Waals surface area contributed by atoms with Crippen molar-refractivity contribution in [2.45, 2.75) is 52.8 Å². The summed E-state index contributed by atoms with van der Waals surface area (Å²) in [6.07, 6.45) is 0. The SMILES string of the molecule is CCO[Si](OCC)([Si](C)C)C(C)(C)C. The molecule has 0 saturated carbocycles. The Morgan fingerprint density at radius 3 is 1.50 bits per heavy atom. The minimum Gasteiger partial charge on any atom is -0.397 e. The zero-order valence-corrected chi connectivity index (χ0v) is 12.7. The van der Waals surface area contributed by atoms with E-state index in [-0.39, 0.29) is 5.04 Å². The van der Waals surface area contributed by atoms with Crippen LogP contribution in [0.15, 0.2) is 0 Å². The highest BCUT2D eigenvalue weighted by Crippen LogP contribution is 2.39. The van der Waals surface area contributed by atoms with E-state index < -0.39 is 16.4 Å². The number of rotatable bonds is 5. The lowest BCUT2D eigenvalue weighted by Crippen LogP contribution is -2.60. The van der Waals surface area contributed by atoms with Crippen LogP contribution in [0.5, 0.6) is 0 Å². The zero-order chi connectivity index (χ0) is 11.4. The van der Waals surface area contributed by atoms with Crippen LogP contribution in [0.3, 0.4) is 0 Å². The highest BCUT2D eigenvalue weighted by molar-refractivity contribution is 7.27. The highest BCUT2D eigenvalue weighted by atomic mass is 29.3. The Bertz CT molecular complexity index is 158. The van der Waals surface area contributed by atoms with Crippen molar-refractivity contribution in [3.05, 3.63) is 0 Å². The van der Waals surface area contributed by atoms with Crippen molar-refractivity contribution >= 4 is 16.4 Å². The molecule has 0 aromatic heterocycles. The summed E-state index contributed by atoms with van der Waals surface area (Å²) in [7, 11) is -2.49. The van der Waals surface area contributed by atoms with Gasteiger partial charge in [-0.25, -0.2) is 0 Å². The van der Waals surface area contributed by atoms with Gasteiger partial charge >= 0.3 is 8.08 Å². The molecule has 0 atom stereocenters. The van der Waals surface area contributed by atoms with Crippen molar-refractivity contribution in [2.75, 3.05) is 13.2 Å². The summed E-state index contributed by atoms with van der Waals surface area (Å²) in [6, 6.07) is 0. The maximum absolute atomic E-state index is 6.06. The quantitative estimate of drug-likeness (QED) is 0.679. The topological polar surface area (TPSA) is 18.5 Å². The lowest BCUT2D eigenvalue weighted by molar-refractivity contribution is 0.180. The summed E-state index contributed by atoms with van der Waals surface area (Å²) in [6.45, 7) is 17.1. The zero-order valence-electron chi connectivity index (χ0n) is 10.7. The summed E-state index contributed by atoms with van der Waals surface area (Å²) in [4.78, 5) is 0. The van der Waals surface area contributed by atoms with Crippen molar-refractivity contribution in [3.8, 4) is 0 Å². The van der Waals surface area contributed by atoms with Crippen molar-refractivity contribution in [2.24, 2.45) is 0 Å². The average Bonchev–Trinajstić information content (AvgIpc) is 2.01.